The van der Waals surface area contributed by atoms with Crippen LogP contribution in [0.1, 0.15) is 48.9 Å². The summed E-state index contributed by atoms with van der Waals surface area (Å²) < 4.78 is 0. The van der Waals surface area contributed by atoms with Crippen LogP contribution in [-0.2, 0) is 0 Å². The van der Waals surface area contributed by atoms with Crippen molar-refractivity contribution in [3.8, 4) is 0 Å². The predicted octanol–water partition coefficient (Wildman–Crippen LogP) is 2.03. The highest BCUT2D eigenvalue weighted by molar-refractivity contribution is 5.99. The Hall–Kier alpha value is -1.62. The number of hydrogen-bond acceptors (Lipinski definition) is 4. The van der Waals surface area contributed by atoms with E-state index in [1.54, 1.807) is 6.20 Å². The lowest BCUT2D eigenvalue weighted by atomic mass is 9.98. The number of amides is 1. The summed E-state index contributed by atoms with van der Waals surface area (Å²) >= 11 is 0. The maximum absolute atomic E-state index is 12.9. The summed E-state index contributed by atoms with van der Waals surface area (Å²) in [6.45, 7) is 0.913. The highest BCUT2D eigenvalue weighted by Gasteiger charge is 2.30. The molecule has 1 unspecified atom stereocenters. The van der Waals surface area contributed by atoms with Crippen LogP contribution in [0.5, 0.6) is 0 Å². The van der Waals surface area contributed by atoms with Gasteiger partial charge in [0, 0.05) is 31.4 Å². The second-order valence-electron chi connectivity index (χ2n) is 5.98. The summed E-state index contributed by atoms with van der Waals surface area (Å²) in [7, 11) is 0. The molecule has 1 saturated carbocycles. The number of pyridine rings is 1. The zero-order valence-corrected chi connectivity index (χ0v) is 12.3. The minimum atomic E-state index is 0.0457. The van der Waals surface area contributed by atoms with Crippen molar-refractivity contribution < 1.29 is 9.90 Å². The number of anilines is 1. The van der Waals surface area contributed by atoms with E-state index in [9.17, 15) is 9.90 Å². The monoisotopic (exact) mass is 289 g/mol. The first-order chi connectivity index (χ1) is 10.3. The molecule has 21 heavy (non-hydrogen) atoms. The molecule has 1 atom stereocenters. The van der Waals surface area contributed by atoms with Crippen LogP contribution in [-0.4, -0.2) is 46.1 Å². The first-order valence-electron chi connectivity index (χ1n) is 7.93. The van der Waals surface area contributed by atoms with E-state index >= 15 is 0 Å². The van der Waals surface area contributed by atoms with E-state index in [-0.39, 0.29) is 18.6 Å². The molecule has 2 aliphatic rings. The second-order valence-corrected chi connectivity index (χ2v) is 5.98. The van der Waals surface area contributed by atoms with Gasteiger partial charge in [0.15, 0.2) is 0 Å². The first-order valence-corrected chi connectivity index (χ1v) is 7.93. The summed E-state index contributed by atoms with van der Waals surface area (Å²) in [4.78, 5) is 19.1. The van der Waals surface area contributed by atoms with Gasteiger partial charge in [-0.1, -0.05) is 0 Å². The Morgan fingerprint density at radius 1 is 1.38 bits per heavy atom. The number of aliphatic hydroxyl groups is 1. The Balaban J connectivity index is 1.79. The van der Waals surface area contributed by atoms with Crippen molar-refractivity contribution in [2.45, 2.75) is 50.6 Å². The van der Waals surface area contributed by atoms with Gasteiger partial charge in [-0.15, -0.1) is 0 Å². The smallest absolute Gasteiger partial charge is 0.257 e. The molecule has 2 N–H and O–H groups in total. The van der Waals surface area contributed by atoms with E-state index < -0.39 is 0 Å². The lowest BCUT2D eigenvalue weighted by Gasteiger charge is -2.35. The topological polar surface area (TPSA) is 65.5 Å². The molecule has 0 aromatic carbocycles. The van der Waals surface area contributed by atoms with Gasteiger partial charge in [0.25, 0.3) is 5.91 Å². The van der Waals surface area contributed by atoms with Crippen LogP contribution in [0.2, 0.25) is 0 Å². The van der Waals surface area contributed by atoms with Crippen LogP contribution in [0, 0.1) is 0 Å². The number of aliphatic hydroxyl groups excluding tert-OH is 1. The van der Waals surface area contributed by atoms with Crippen molar-refractivity contribution in [1.82, 2.24) is 9.88 Å². The minimum Gasteiger partial charge on any atom is -0.396 e. The molecule has 2 fully saturated rings. The molecule has 3 rings (SSSR count). The van der Waals surface area contributed by atoms with Crippen LogP contribution in [0.25, 0.3) is 0 Å². The zero-order chi connectivity index (χ0) is 14.7. The van der Waals surface area contributed by atoms with Crippen molar-refractivity contribution >= 4 is 11.7 Å². The van der Waals surface area contributed by atoms with Gasteiger partial charge in [0.1, 0.15) is 5.82 Å². The Kier molecular flexibility index (Phi) is 4.39. The summed E-state index contributed by atoms with van der Waals surface area (Å²) in [5.41, 5.74) is 0.661. The standard InChI is InChI=1S/C16H23N3O2/c20-11-8-13-4-1-2-10-19(13)16(21)14-5-3-9-17-15(14)18-12-6-7-12/h3,5,9,12-13,20H,1-2,4,6-8,10-11H2,(H,17,18). The molecule has 1 aliphatic carbocycles. The van der Waals surface area contributed by atoms with Crippen LogP contribution >= 0.6 is 0 Å². The van der Waals surface area contributed by atoms with Gasteiger partial charge in [0.2, 0.25) is 0 Å². The minimum absolute atomic E-state index is 0.0457. The molecule has 2 heterocycles. The van der Waals surface area contributed by atoms with Gasteiger partial charge < -0.3 is 15.3 Å². The normalized spacial score (nSPS) is 22.1. The number of likely N-dealkylation sites (tertiary alicyclic amines) is 1. The number of carbonyl (C=O) groups excluding carboxylic acids is 1. The molecule has 5 nitrogen and oxygen atoms in total. The van der Waals surface area contributed by atoms with E-state index in [0.29, 0.717) is 23.8 Å². The molecular weight excluding hydrogens is 266 g/mol. The lowest BCUT2D eigenvalue weighted by Crippen LogP contribution is -2.44. The average molecular weight is 289 g/mol. The predicted molar refractivity (Wildman–Crippen MR) is 81.3 cm³/mol. The Morgan fingerprint density at radius 2 is 2.24 bits per heavy atom. The molecule has 1 aliphatic heterocycles. The molecule has 0 radical (unpaired) electrons. The van der Waals surface area contributed by atoms with E-state index in [1.165, 1.54) is 0 Å². The third kappa shape index (κ3) is 3.35. The maximum Gasteiger partial charge on any atom is 0.257 e. The lowest BCUT2D eigenvalue weighted by molar-refractivity contribution is 0.0575. The van der Waals surface area contributed by atoms with E-state index in [4.69, 9.17) is 0 Å². The highest BCUT2D eigenvalue weighted by Crippen LogP contribution is 2.28. The number of hydrogen-bond donors (Lipinski definition) is 2. The zero-order valence-electron chi connectivity index (χ0n) is 12.3. The van der Waals surface area contributed by atoms with Crippen molar-refractivity contribution in [3.05, 3.63) is 23.9 Å². The average Bonchev–Trinajstić information content (AvgIpc) is 3.32. The van der Waals surface area contributed by atoms with Crippen molar-refractivity contribution in [2.75, 3.05) is 18.5 Å². The molecule has 1 aromatic rings. The number of nitrogens with one attached hydrogen (secondary N) is 1. The maximum atomic E-state index is 12.9. The summed E-state index contributed by atoms with van der Waals surface area (Å²) in [6, 6.07) is 4.30. The van der Waals surface area contributed by atoms with Crippen LogP contribution in [0.15, 0.2) is 18.3 Å². The second kappa shape index (κ2) is 6.43. The molecule has 5 heteroatoms. The third-order valence-corrected chi connectivity index (χ3v) is 4.31. The number of nitrogens with zero attached hydrogens (tertiary/aromatic N) is 2. The summed E-state index contributed by atoms with van der Waals surface area (Å²) in [6.07, 6.45) is 7.86. The van der Waals surface area contributed by atoms with Crippen molar-refractivity contribution in [2.24, 2.45) is 0 Å². The number of carbonyl (C=O) groups is 1. The molecule has 0 bridgehead atoms. The third-order valence-electron chi connectivity index (χ3n) is 4.31. The molecular formula is C16H23N3O2. The Labute approximate surface area is 125 Å². The van der Waals surface area contributed by atoms with Gasteiger partial charge in [0.05, 0.1) is 5.56 Å². The number of rotatable bonds is 5. The van der Waals surface area contributed by atoms with Crippen molar-refractivity contribution in [1.29, 1.82) is 0 Å². The molecule has 1 saturated heterocycles. The van der Waals surface area contributed by atoms with Gasteiger partial charge in [-0.05, 0) is 50.7 Å². The SMILES string of the molecule is O=C(c1cccnc1NC1CC1)N1CCCCC1CCO. The van der Waals surface area contributed by atoms with Crippen LogP contribution in [0.3, 0.4) is 0 Å². The highest BCUT2D eigenvalue weighted by atomic mass is 16.3. The van der Waals surface area contributed by atoms with Crippen LogP contribution in [0.4, 0.5) is 5.82 Å². The van der Waals surface area contributed by atoms with Gasteiger partial charge in [-0.2, -0.15) is 0 Å². The largest absolute Gasteiger partial charge is 0.396 e. The fourth-order valence-corrected chi connectivity index (χ4v) is 2.99. The van der Waals surface area contributed by atoms with Crippen LogP contribution < -0.4 is 5.32 Å². The summed E-state index contributed by atoms with van der Waals surface area (Å²) in [5, 5.41) is 12.6. The van der Waals surface area contributed by atoms with E-state index in [2.05, 4.69) is 10.3 Å². The fourth-order valence-electron chi connectivity index (χ4n) is 2.99. The van der Waals surface area contributed by atoms with E-state index in [0.717, 1.165) is 38.6 Å². The molecule has 0 spiro atoms. The first kappa shape index (κ1) is 14.3. The molecule has 114 valence electrons. The van der Waals surface area contributed by atoms with Gasteiger partial charge >= 0.3 is 0 Å². The number of piperidine rings is 1. The van der Waals surface area contributed by atoms with Gasteiger partial charge in [-0.3, -0.25) is 4.79 Å². The fraction of sp³-hybridized carbons (Fsp3) is 0.625. The van der Waals surface area contributed by atoms with Crippen molar-refractivity contribution in [3.63, 3.8) is 0 Å². The molecule has 1 amide bonds. The Bertz CT molecular complexity index is 500. The Morgan fingerprint density at radius 3 is 3.00 bits per heavy atom. The summed E-state index contributed by atoms with van der Waals surface area (Å²) in [5.74, 6) is 0.753. The van der Waals surface area contributed by atoms with E-state index in [1.807, 2.05) is 17.0 Å². The quantitative estimate of drug-likeness (QED) is 0.870. The van der Waals surface area contributed by atoms with Gasteiger partial charge in [-0.25, -0.2) is 4.98 Å². The number of aromatic nitrogens is 1. The molecule has 1 aromatic heterocycles.